The van der Waals surface area contributed by atoms with E-state index in [-0.39, 0.29) is 23.6 Å². The maximum absolute atomic E-state index is 12.9. The van der Waals surface area contributed by atoms with E-state index in [1.807, 2.05) is 0 Å². The van der Waals surface area contributed by atoms with Crippen molar-refractivity contribution in [1.82, 2.24) is 14.8 Å². The van der Waals surface area contributed by atoms with Crippen LogP contribution in [0.1, 0.15) is 17.4 Å². The van der Waals surface area contributed by atoms with Crippen molar-refractivity contribution >= 4 is 17.5 Å². The number of nitrogens with one attached hydrogen (secondary N) is 1. The molecule has 1 atom stereocenters. The lowest BCUT2D eigenvalue weighted by Gasteiger charge is -2.36. The first-order valence-electron chi connectivity index (χ1n) is 8.57. The Morgan fingerprint density at radius 1 is 1.28 bits per heavy atom. The molecule has 1 N–H and O–H groups in total. The molecule has 0 saturated carbocycles. The predicted molar refractivity (Wildman–Crippen MR) is 91.4 cm³/mol. The molecule has 0 spiro atoms. The molecule has 25 heavy (non-hydrogen) atoms. The second-order valence-corrected chi connectivity index (χ2v) is 6.24. The van der Waals surface area contributed by atoms with Crippen LogP contribution in [0.2, 0.25) is 0 Å². The minimum absolute atomic E-state index is 0.0243. The van der Waals surface area contributed by atoms with Crippen molar-refractivity contribution in [2.45, 2.75) is 13.0 Å². The average Bonchev–Trinajstić information content (AvgIpc) is 2.62. The van der Waals surface area contributed by atoms with Gasteiger partial charge in [0.05, 0.1) is 31.6 Å². The van der Waals surface area contributed by atoms with Gasteiger partial charge in [0.15, 0.2) is 5.69 Å². The number of hydrogen-bond acceptors (Lipinski definition) is 6. The number of hydrogen-bond donors (Lipinski definition) is 1. The number of rotatable bonds is 4. The second-order valence-electron chi connectivity index (χ2n) is 6.24. The van der Waals surface area contributed by atoms with Crippen LogP contribution in [0.5, 0.6) is 0 Å². The number of anilines is 1. The molecule has 1 aromatic rings. The molecule has 8 nitrogen and oxygen atoms in total. The van der Waals surface area contributed by atoms with Gasteiger partial charge >= 0.3 is 0 Å². The SMILES string of the molecule is CC(=O)Nc1cccnc1C(=O)N1CCOC(CN2CCOCC2)C1. The fraction of sp³-hybridized carbons (Fsp3) is 0.588. The third kappa shape index (κ3) is 4.75. The van der Waals surface area contributed by atoms with E-state index in [2.05, 4.69) is 15.2 Å². The molecule has 3 heterocycles. The van der Waals surface area contributed by atoms with Crippen molar-refractivity contribution < 1.29 is 19.1 Å². The normalized spacial score (nSPS) is 21.8. The van der Waals surface area contributed by atoms with Crippen LogP contribution in [0.3, 0.4) is 0 Å². The molecule has 2 aliphatic heterocycles. The molecule has 8 heteroatoms. The van der Waals surface area contributed by atoms with E-state index in [9.17, 15) is 9.59 Å². The number of carbonyl (C=O) groups is 2. The minimum Gasteiger partial charge on any atom is -0.379 e. The Hall–Kier alpha value is -2.03. The Balaban J connectivity index is 1.64. The van der Waals surface area contributed by atoms with E-state index in [0.717, 1.165) is 32.8 Å². The molecule has 136 valence electrons. The van der Waals surface area contributed by atoms with E-state index < -0.39 is 0 Å². The largest absolute Gasteiger partial charge is 0.379 e. The molecule has 3 rings (SSSR count). The molecular weight excluding hydrogens is 324 g/mol. The lowest BCUT2D eigenvalue weighted by Crippen LogP contribution is -2.51. The minimum atomic E-state index is -0.228. The predicted octanol–water partition coefficient (Wildman–Crippen LogP) is 0.213. The van der Waals surface area contributed by atoms with Crippen LogP contribution in [0.25, 0.3) is 0 Å². The molecule has 0 radical (unpaired) electrons. The van der Waals surface area contributed by atoms with E-state index in [4.69, 9.17) is 9.47 Å². The molecule has 0 aromatic carbocycles. The first-order valence-corrected chi connectivity index (χ1v) is 8.57. The van der Waals surface area contributed by atoms with Crippen LogP contribution in [-0.2, 0) is 14.3 Å². The Labute approximate surface area is 147 Å². The maximum Gasteiger partial charge on any atom is 0.274 e. The van der Waals surface area contributed by atoms with Crippen molar-refractivity contribution in [3.05, 3.63) is 24.0 Å². The molecule has 2 saturated heterocycles. The molecule has 2 amide bonds. The summed E-state index contributed by atoms with van der Waals surface area (Å²) in [6.45, 7) is 7.00. The van der Waals surface area contributed by atoms with Crippen LogP contribution < -0.4 is 5.32 Å². The fourth-order valence-electron chi connectivity index (χ4n) is 3.10. The van der Waals surface area contributed by atoms with E-state index in [1.54, 1.807) is 23.2 Å². The van der Waals surface area contributed by atoms with E-state index in [1.165, 1.54) is 6.92 Å². The summed E-state index contributed by atoms with van der Waals surface area (Å²) in [6, 6.07) is 3.38. The van der Waals surface area contributed by atoms with Gasteiger partial charge in [0.2, 0.25) is 5.91 Å². The summed E-state index contributed by atoms with van der Waals surface area (Å²) >= 11 is 0. The molecular formula is C17H24N4O4. The van der Waals surface area contributed by atoms with Crippen molar-refractivity contribution in [3.63, 3.8) is 0 Å². The third-order valence-corrected chi connectivity index (χ3v) is 4.31. The third-order valence-electron chi connectivity index (χ3n) is 4.31. The Morgan fingerprint density at radius 2 is 2.08 bits per heavy atom. The molecule has 2 aliphatic rings. The van der Waals surface area contributed by atoms with Crippen LogP contribution in [0.4, 0.5) is 5.69 Å². The lowest BCUT2D eigenvalue weighted by atomic mass is 10.2. The smallest absolute Gasteiger partial charge is 0.274 e. The highest BCUT2D eigenvalue weighted by molar-refractivity contribution is 6.01. The first kappa shape index (κ1) is 17.8. The van der Waals surface area contributed by atoms with Gasteiger partial charge < -0.3 is 19.7 Å². The molecule has 1 aromatic heterocycles. The van der Waals surface area contributed by atoms with Crippen molar-refractivity contribution in [2.75, 3.05) is 57.9 Å². The van der Waals surface area contributed by atoms with Crippen LogP contribution in [0, 0.1) is 0 Å². The highest BCUT2D eigenvalue weighted by atomic mass is 16.5. The van der Waals surface area contributed by atoms with Gasteiger partial charge in [-0.1, -0.05) is 0 Å². The van der Waals surface area contributed by atoms with E-state index >= 15 is 0 Å². The molecule has 0 aliphatic carbocycles. The zero-order valence-corrected chi connectivity index (χ0v) is 14.4. The highest BCUT2D eigenvalue weighted by Crippen LogP contribution is 2.17. The number of pyridine rings is 1. The quantitative estimate of drug-likeness (QED) is 0.838. The second kappa shape index (κ2) is 8.37. The zero-order chi connectivity index (χ0) is 17.6. The summed E-state index contributed by atoms with van der Waals surface area (Å²) in [5.74, 6) is -0.408. The maximum atomic E-state index is 12.9. The topological polar surface area (TPSA) is 84.0 Å². The number of nitrogens with zero attached hydrogens (tertiary/aromatic N) is 3. The van der Waals surface area contributed by atoms with Gasteiger partial charge in [0, 0.05) is 45.8 Å². The summed E-state index contributed by atoms with van der Waals surface area (Å²) < 4.78 is 11.2. The Bertz CT molecular complexity index is 618. The first-order chi connectivity index (χ1) is 12.1. The van der Waals surface area contributed by atoms with Crippen LogP contribution in [-0.4, -0.2) is 85.2 Å². The number of carbonyl (C=O) groups excluding carboxylic acids is 2. The molecule has 2 fully saturated rings. The van der Waals surface area contributed by atoms with Crippen LogP contribution >= 0.6 is 0 Å². The monoisotopic (exact) mass is 348 g/mol. The summed E-state index contributed by atoms with van der Waals surface area (Å²) in [5.41, 5.74) is 0.709. The van der Waals surface area contributed by atoms with Gasteiger partial charge in [-0.2, -0.15) is 0 Å². The van der Waals surface area contributed by atoms with Crippen molar-refractivity contribution in [3.8, 4) is 0 Å². The van der Waals surface area contributed by atoms with Gasteiger partial charge in [-0.05, 0) is 12.1 Å². The number of ether oxygens (including phenoxy) is 2. The van der Waals surface area contributed by atoms with Gasteiger partial charge in [0.25, 0.3) is 5.91 Å². The van der Waals surface area contributed by atoms with Crippen molar-refractivity contribution in [2.24, 2.45) is 0 Å². The molecule has 0 bridgehead atoms. The average molecular weight is 348 g/mol. The molecule has 1 unspecified atom stereocenters. The summed E-state index contributed by atoms with van der Waals surface area (Å²) in [7, 11) is 0. The fourth-order valence-corrected chi connectivity index (χ4v) is 3.10. The lowest BCUT2D eigenvalue weighted by molar-refractivity contribution is -0.114. The number of morpholine rings is 2. The van der Waals surface area contributed by atoms with Gasteiger partial charge in [0.1, 0.15) is 0 Å². The Kier molecular flexibility index (Phi) is 5.95. The van der Waals surface area contributed by atoms with Gasteiger partial charge in [-0.25, -0.2) is 4.98 Å². The van der Waals surface area contributed by atoms with Gasteiger partial charge in [-0.3, -0.25) is 14.5 Å². The summed E-state index contributed by atoms with van der Waals surface area (Å²) in [4.78, 5) is 32.4. The standard InChI is InChI=1S/C17H24N4O4/c1-13(22)19-15-3-2-4-18-16(15)17(23)21-7-10-25-14(12-21)11-20-5-8-24-9-6-20/h2-4,14H,5-12H2,1H3,(H,19,22). The number of aromatic nitrogens is 1. The highest BCUT2D eigenvalue weighted by Gasteiger charge is 2.28. The zero-order valence-electron chi connectivity index (χ0n) is 14.4. The van der Waals surface area contributed by atoms with E-state index in [0.29, 0.717) is 25.4 Å². The Morgan fingerprint density at radius 3 is 2.84 bits per heavy atom. The number of amides is 2. The summed E-state index contributed by atoms with van der Waals surface area (Å²) in [5, 5.41) is 2.67. The van der Waals surface area contributed by atoms with Crippen LogP contribution in [0.15, 0.2) is 18.3 Å². The summed E-state index contributed by atoms with van der Waals surface area (Å²) in [6.07, 6.45) is 1.54. The van der Waals surface area contributed by atoms with Crippen molar-refractivity contribution in [1.29, 1.82) is 0 Å². The van der Waals surface area contributed by atoms with Gasteiger partial charge in [-0.15, -0.1) is 0 Å².